The van der Waals surface area contributed by atoms with Crippen molar-refractivity contribution in [1.82, 2.24) is 19.4 Å². The molecule has 39 heavy (non-hydrogen) atoms. The molecule has 2 aromatic heterocycles. The van der Waals surface area contributed by atoms with Crippen molar-refractivity contribution in [3.8, 4) is 12.1 Å². The lowest BCUT2D eigenvalue weighted by molar-refractivity contribution is -0.115. The number of rotatable bonds is 7. The number of anilines is 1. The van der Waals surface area contributed by atoms with Crippen LogP contribution in [-0.2, 0) is 11.3 Å². The van der Waals surface area contributed by atoms with Crippen molar-refractivity contribution in [3.63, 3.8) is 0 Å². The SMILES string of the molecule is CCn1c(=O)/c(=C/Nc2ccc3c(ccn3C3CCN(C4CCCC4)CC3)c2)s/c1=C(\C#N)C(=O)NCC#N. The summed E-state index contributed by atoms with van der Waals surface area (Å²) in [6.07, 6.45) is 11.6. The van der Waals surface area contributed by atoms with Gasteiger partial charge in [0.15, 0.2) is 5.57 Å². The van der Waals surface area contributed by atoms with E-state index >= 15 is 0 Å². The number of nitrogens with one attached hydrogen (secondary N) is 2. The second-order valence-electron chi connectivity index (χ2n) is 10.1. The molecule has 0 radical (unpaired) electrons. The van der Waals surface area contributed by atoms with E-state index in [0.717, 1.165) is 28.5 Å². The van der Waals surface area contributed by atoms with Crippen molar-refractivity contribution >= 4 is 45.6 Å². The van der Waals surface area contributed by atoms with Gasteiger partial charge < -0.3 is 20.1 Å². The quantitative estimate of drug-likeness (QED) is 0.442. The van der Waals surface area contributed by atoms with Crippen molar-refractivity contribution < 1.29 is 4.79 Å². The van der Waals surface area contributed by atoms with E-state index in [1.165, 1.54) is 61.7 Å². The Labute approximate surface area is 231 Å². The molecule has 202 valence electrons. The summed E-state index contributed by atoms with van der Waals surface area (Å²) < 4.78 is 4.49. The van der Waals surface area contributed by atoms with Crippen molar-refractivity contribution in [1.29, 1.82) is 10.5 Å². The number of fused-ring (bicyclic) bond motifs is 1. The average molecular weight is 544 g/mol. The first-order valence-corrected chi connectivity index (χ1v) is 14.5. The number of carbonyl (C=O) groups excluding carboxylic acids is 1. The molecule has 5 rings (SSSR count). The maximum atomic E-state index is 13.0. The van der Waals surface area contributed by atoms with Gasteiger partial charge in [-0.15, -0.1) is 11.3 Å². The largest absolute Gasteiger partial charge is 0.360 e. The minimum absolute atomic E-state index is 0.175. The van der Waals surface area contributed by atoms with E-state index in [4.69, 9.17) is 5.26 Å². The zero-order chi connectivity index (χ0) is 27.4. The number of amides is 1. The zero-order valence-electron chi connectivity index (χ0n) is 22.2. The summed E-state index contributed by atoms with van der Waals surface area (Å²) in [5.74, 6) is -0.666. The number of carbonyl (C=O) groups is 1. The summed E-state index contributed by atoms with van der Waals surface area (Å²) in [5, 5.41) is 25.0. The van der Waals surface area contributed by atoms with Gasteiger partial charge in [-0.1, -0.05) is 12.8 Å². The van der Waals surface area contributed by atoms with E-state index in [1.807, 2.05) is 18.2 Å². The minimum Gasteiger partial charge on any atom is -0.360 e. The van der Waals surface area contributed by atoms with Crippen LogP contribution in [0.4, 0.5) is 5.69 Å². The van der Waals surface area contributed by atoms with Gasteiger partial charge in [0, 0.05) is 60.7 Å². The minimum atomic E-state index is -0.666. The van der Waals surface area contributed by atoms with E-state index in [2.05, 4.69) is 44.5 Å². The Morgan fingerprint density at radius 2 is 1.90 bits per heavy atom. The van der Waals surface area contributed by atoms with Crippen molar-refractivity contribution in [2.24, 2.45) is 0 Å². The number of hydrogen-bond acceptors (Lipinski definition) is 7. The van der Waals surface area contributed by atoms with Gasteiger partial charge in [-0.05, 0) is 56.9 Å². The Kier molecular flexibility index (Phi) is 8.16. The smallest absolute Gasteiger partial charge is 0.270 e. The molecule has 1 saturated carbocycles. The first-order valence-electron chi connectivity index (χ1n) is 13.6. The standard InChI is InChI=1S/C29H33N7O2S/c1-2-35-28(38)26(39-29(35)24(18-31)27(37)32-13-12-30)19-33-21-7-8-25-20(17-21)9-16-36(25)23-10-14-34(15-11-23)22-5-3-4-6-22/h7-9,16-17,19,22-23,33H,2-6,10-11,13-15H2,1H3,(H,32,37)/b26-19-,29-24+. The first-order chi connectivity index (χ1) is 19.0. The van der Waals surface area contributed by atoms with Crippen molar-refractivity contribution in [2.75, 3.05) is 25.0 Å². The van der Waals surface area contributed by atoms with Crippen LogP contribution >= 0.6 is 11.3 Å². The summed E-state index contributed by atoms with van der Waals surface area (Å²) in [7, 11) is 0. The Morgan fingerprint density at radius 1 is 1.13 bits per heavy atom. The number of thiazole rings is 1. The molecule has 0 atom stereocenters. The molecular formula is C29H33N7O2S. The fourth-order valence-corrected chi connectivity index (χ4v) is 7.00. The highest BCUT2D eigenvalue weighted by molar-refractivity contribution is 7.07. The third-order valence-corrected chi connectivity index (χ3v) is 9.06. The normalized spacial score (nSPS) is 18.2. The lowest BCUT2D eigenvalue weighted by Crippen LogP contribution is -2.40. The van der Waals surface area contributed by atoms with E-state index in [-0.39, 0.29) is 22.3 Å². The molecular weight excluding hydrogens is 510 g/mol. The van der Waals surface area contributed by atoms with Crippen LogP contribution in [0, 0.1) is 22.7 Å². The molecule has 1 amide bonds. The molecule has 1 aromatic carbocycles. The molecule has 1 saturated heterocycles. The average Bonchev–Trinajstić information content (AvgIpc) is 3.71. The van der Waals surface area contributed by atoms with Crippen LogP contribution in [0.1, 0.15) is 51.5 Å². The molecule has 2 aliphatic rings. The number of nitriles is 2. The highest BCUT2D eigenvalue weighted by Crippen LogP contribution is 2.32. The number of hydrogen-bond donors (Lipinski definition) is 2. The van der Waals surface area contributed by atoms with Gasteiger partial charge in [0.1, 0.15) is 21.8 Å². The molecule has 2 fully saturated rings. The number of benzene rings is 1. The summed E-state index contributed by atoms with van der Waals surface area (Å²) >= 11 is 1.08. The van der Waals surface area contributed by atoms with Crippen molar-refractivity contribution in [2.45, 2.75) is 64.1 Å². The molecule has 0 bridgehead atoms. The second kappa shape index (κ2) is 11.9. The summed E-state index contributed by atoms with van der Waals surface area (Å²) in [6, 6.07) is 13.4. The Hall–Kier alpha value is -3.86. The molecule has 2 N–H and O–H groups in total. The maximum Gasteiger partial charge on any atom is 0.270 e. The molecule has 0 spiro atoms. The van der Waals surface area contributed by atoms with Crippen LogP contribution in [-0.4, -0.2) is 45.6 Å². The first kappa shape index (κ1) is 26.7. The van der Waals surface area contributed by atoms with Gasteiger partial charge in [-0.3, -0.25) is 14.2 Å². The lowest BCUT2D eigenvalue weighted by atomic mass is 10.0. The van der Waals surface area contributed by atoms with E-state index in [9.17, 15) is 14.9 Å². The van der Waals surface area contributed by atoms with Crippen LogP contribution in [0.2, 0.25) is 0 Å². The summed E-state index contributed by atoms with van der Waals surface area (Å²) in [6.45, 7) is 4.23. The fourth-order valence-electron chi connectivity index (χ4n) is 5.92. The van der Waals surface area contributed by atoms with Crippen molar-refractivity contribution in [3.05, 3.63) is 50.0 Å². The lowest BCUT2D eigenvalue weighted by Gasteiger charge is -2.36. The number of aromatic nitrogens is 2. The van der Waals surface area contributed by atoms with Crippen LogP contribution in [0.25, 0.3) is 22.7 Å². The van der Waals surface area contributed by atoms with E-state index in [1.54, 1.807) is 13.1 Å². The van der Waals surface area contributed by atoms with Gasteiger partial charge in [-0.25, -0.2) is 0 Å². The topological polar surface area (TPSA) is 119 Å². The number of nitrogens with zero attached hydrogens (tertiary/aromatic N) is 5. The fraction of sp³-hybridized carbons (Fsp3) is 0.448. The zero-order valence-corrected chi connectivity index (χ0v) is 23.0. The summed E-state index contributed by atoms with van der Waals surface area (Å²) in [4.78, 5) is 28.0. The monoisotopic (exact) mass is 543 g/mol. The second-order valence-corrected chi connectivity index (χ2v) is 11.2. The van der Waals surface area contributed by atoms with Gasteiger partial charge in [0.05, 0.1) is 6.07 Å². The van der Waals surface area contributed by atoms with Gasteiger partial charge in [0.2, 0.25) is 0 Å². The molecule has 1 aliphatic carbocycles. The molecule has 1 aliphatic heterocycles. The molecule has 10 heteroatoms. The Bertz CT molecular complexity index is 1620. The van der Waals surface area contributed by atoms with Gasteiger partial charge >= 0.3 is 0 Å². The predicted octanol–water partition coefficient (Wildman–Crippen LogP) is 2.63. The molecule has 9 nitrogen and oxygen atoms in total. The Morgan fingerprint density at radius 3 is 2.59 bits per heavy atom. The maximum absolute atomic E-state index is 13.0. The predicted molar refractivity (Wildman–Crippen MR) is 153 cm³/mol. The van der Waals surface area contributed by atoms with E-state index in [0.29, 0.717) is 17.1 Å². The van der Waals surface area contributed by atoms with Crippen LogP contribution in [0.3, 0.4) is 0 Å². The number of likely N-dealkylation sites (tertiary alicyclic amines) is 1. The third kappa shape index (κ3) is 5.49. The number of piperidine rings is 1. The molecule has 3 aromatic rings. The highest BCUT2D eigenvalue weighted by atomic mass is 32.1. The molecule has 3 heterocycles. The van der Waals surface area contributed by atoms with Gasteiger partial charge in [0.25, 0.3) is 11.5 Å². The Balaban J connectivity index is 1.35. The highest BCUT2D eigenvalue weighted by Gasteiger charge is 2.28. The van der Waals surface area contributed by atoms with Crippen LogP contribution in [0.5, 0.6) is 0 Å². The summed E-state index contributed by atoms with van der Waals surface area (Å²) in [5.41, 5.74) is 1.61. The van der Waals surface area contributed by atoms with Crippen LogP contribution < -0.4 is 25.4 Å². The van der Waals surface area contributed by atoms with Gasteiger partial charge in [-0.2, -0.15) is 10.5 Å². The van der Waals surface area contributed by atoms with E-state index < -0.39 is 5.91 Å². The third-order valence-electron chi connectivity index (χ3n) is 7.93. The van der Waals surface area contributed by atoms with Crippen LogP contribution in [0.15, 0.2) is 35.3 Å². The molecule has 0 unspecified atom stereocenters.